The molecule has 0 atom stereocenters. The number of amides is 1. The van der Waals surface area contributed by atoms with Gasteiger partial charge in [-0.15, -0.1) is 0 Å². The van der Waals surface area contributed by atoms with Gasteiger partial charge in [0.25, 0.3) is 10.0 Å². The summed E-state index contributed by atoms with van der Waals surface area (Å²) in [5.41, 5.74) is 0.956. The van der Waals surface area contributed by atoms with E-state index in [2.05, 4.69) is 15.4 Å². The number of rotatable bonds is 9. The lowest BCUT2D eigenvalue weighted by atomic mass is 10.2. The Kier molecular flexibility index (Phi) is 7.22. The SMILES string of the molecule is CCCCNc1ccc(S(N)(=O)=O)cc1NS(=O)(=O)c1ccc(NC(C)=O)cc1. The summed E-state index contributed by atoms with van der Waals surface area (Å²) in [5.74, 6) is -0.277. The number of nitrogens with one attached hydrogen (secondary N) is 3. The molecule has 0 aliphatic rings. The predicted octanol–water partition coefficient (Wildman–Crippen LogP) is 2.31. The molecule has 0 aromatic heterocycles. The molecule has 29 heavy (non-hydrogen) atoms. The molecule has 0 unspecified atom stereocenters. The first-order valence-electron chi connectivity index (χ1n) is 8.84. The van der Waals surface area contributed by atoms with E-state index in [0.717, 1.165) is 12.8 Å². The molecule has 2 aromatic carbocycles. The zero-order valence-electron chi connectivity index (χ0n) is 16.1. The zero-order valence-corrected chi connectivity index (χ0v) is 17.7. The molecule has 0 fully saturated rings. The van der Waals surface area contributed by atoms with Gasteiger partial charge >= 0.3 is 0 Å². The van der Waals surface area contributed by atoms with Crippen molar-refractivity contribution in [2.24, 2.45) is 5.14 Å². The highest BCUT2D eigenvalue weighted by Crippen LogP contribution is 2.28. The highest BCUT2D eigenvalue weighted by Gasteiger charge is 2.19. The van der Waals surface area contributed by atoms with Crippen LogP contribution < -0.4 is 20.5 Å². The van der Waals surface area contributed by atoms with E-state index in [9.17, 15) is 21.6 Å². The first-order valence-corrected chi connectivity index (χ1v) is 11.9. The number of unbranched alkanes of at least 4 members (excludes halogenated alkanes) is 1. The minimum Gasteiger partial charge on any atom is -0.383 e. The predicted molar refractivity (Wildman–Crippen MR) is 113 cm³/mol. The first-order chi connectivity index (χ1) is 13.5. The molecule has 11 heteroatoms. The smallest absolute Gasteiger partial charge is 0.261 e. The molecule has 0 saturated heterocycles. The van der Waals surface area contributed by atoms with Crippen molar-refractivity contribution in [1.82, 2.24) is 0 Å². The van der Waals surface area contributed by atoms with Gasteiger partial charge in [-0.25, -0.2) is 22.0 Å². The van der Waals surface area contributed by atoms with Crippen molar-refractivity contribution in [1.29, 1.82) is 0 Å². The largest absolute Gasteiger partial charge is 0.383 e. The van der Waals surface area contributed by atoms with Gasteiger partial charge in [0.2, 0.25) is 15.9 Å². The standard InChI is InChI=1S/C18H24N4O5S2/c1-3-4-11-20-17-10-9-16(28(19,24)25)12-18(17)22-29(26,27)15-7-5-14(6-8-15)21-13(2)23/h5-10,12,20,22H,3-4,11H2,1-2H3,(H,21,23)(H2,19,24,25). The van der Waals surface area contributed by atoms with Crippen LogP contribution in [0.15, 0.2) is 52.3 Å². The molecule has 0 spiro atoms. The second-order valence-electron chi connectivity index (χ2n) is 6.34. The van der Waals surface area contributed by atoms with E-state index in [1.807, 2.05) is 6.92 Å². The van der Waals surface area contributed by atoms with Crippen molar-refractivity contribution < 1.29 is 21.6 Å². The Bertz CT molecular complexity index is 1080. The molecule has 2 rings (SSSR count). The molecule has 0 radical (unpaired) electrons. The van der Waals surface area contributed by atoms with Crippen LogP contribution in [0, 0.1) is 0 Å². The Balaban J connectivity index is 2.36. The lowest BCUT2D eigenvalue weighted by Crippen LogP contribution is -2.17. The highest BCUT2D eigenvalue weighted by molar-refractivity contribution is 7.92. The molecule has 0 bridgehead atoms. The minimum atomic E-state index is -4.01. The molecule has 0 aliphatic heterocycles. The molecule has 9 nitrogen and oxygen atoms in total. The van der Waals surface area contributed by atoms with E-state index >= 15 is 0 Å². The molecule has 0 heterocycles. The number of hydrogen-bond acceptors (Lipinski definition) is 6. The Labute approximate surface area is 170 Å². The van der Waals surface area contributed by atoms with E-state index in [-0.39, 0.29) is 21.4 Å². The van der Waals surface area contributed by atoms with E-state index in [0.29, 0.717) is 17.9 Å². The lowest BCUT2D eigenvalue weighted by Gasteiger charge is -2.15. The molecule has 0 aliphatic carbocycles. The molecule has 1 amide bonds. The normalized spacial score (nSPS) is 11.7. The van der Waals surface area contributed by atoms with Crippen LogP contribution in [0.4, 0.5) is 17.1 Å². The van der Waals surface area contributed by atoms with Crippen LogP contribution in [-0.2, 0) is 24.8 Å². The van der Waals surface area contributed by atoms with Gasteiger partial charge in [-0.05, 0) is 48.9 Å². The van der Waals surface area contributed by atoms with Crippen molar-refractivity contribution >= 4 is 43.0 Å². The summed E-state index contributed by atoms with van der Waals surface area (Å²) in [6.45, 7) is 3.95. The van der Waals surface area contributed by atoms with Crippen molar-refractivity contribution in [3.63, 3.8) is 0 Å². The van der Waals surface area contributed by atoms with E-state index in [1.165, 1.54) is 49.4 Å². The van der Waals surface area contributed by atoms with Crippen LogP contribution in [-0.4, -0.2) is 29.3 Å². The van der Waals surface area contributed by atoms with Crippen LogP contribution in [0.2, 0.25) is 0 Å². The zero-order chi connectivity index (χ0) is 21.7. The minimum absolute atomic E-state index is 0.0490. The Morgan fingerprint density at radius 1 is 0.966 bits per heavy atom. The third kappa shape index (κ3) is 6.44. The summed E-state index contributed by atoms with van der Waals surface area (Å²) >= 11 is 0. The van der Waals surface area contributed by atoms with E-state index in [1.54, 1.807) is 0 Å². The number of carbonyl (C=O) groups excluding carboxylic acids is 1. The summed E-state index contributed by atoms with van der Waals surface area (Å²) < 4.78 is 51.3. The average molecular weight is 441 g/mol. The van der Waals surface area contributed by atoms with Gasteiger partial charge < -0.3 is 10.6 Å². The average Bonchev–Trinajstić information content (AvgIpc) is 2.62. The molecule has 158 valence electrons. The molecule has 0 saturated carbocycles. The number of hydrogen-bond donors (Lipinski definition) is 4. The summed E-state index contributed by atoms with van der Waals surface area (Å²) in [6.07, 6.45) is 1.79. The van der Waals surface area contributed by atoms with Crippen LogP contribution >= 0.6 is 0 Å². The Hall–Kier alpha value is -2.63. The molecule has 2 aromatic rings. The maximum absolute atomic E-state index is 12.8. The number of nitrogens with two attached hydrogens (primary N) is 1. The number of benzene rings is 2. The van der Waals surface area contributed by atoms with E-state index in [4.69, 9.17) is 5.14 Å². The fraction of sp³-hybridized carbons (Fsp3) is 0.278. The number of carbonyl (C=O) groups is 1. The van der Waals surface area contributed by atoms with Gasteiger partial charge in [-0.1, -0.05) is 13.3 Å². The van der Waals surface area contributed by atoms with Gasteiger partial charge in [0, 0.05) is 19.2 Å². The van der Waals surface area contributed by atoms with Gasteiger partial charge in [0.1, 0.15) is 0 Å². The van der Waals surface area contributed by atoms with Crippen LogP contribution in [0.5, 0.6) is 0 Å². The second kappa shape index (κ2) is 9.25. The Morgan fingerprint density at radius 2 is 1.59 bits per heavy atom. The number of sulfonamides is 2. The monoisotopic (exact) mass is 440 g/mol. The third-order valence-corrected chi connectivity index (χ3v) is 6.19. The fourth-order valence-corrected chi connectivity index (χ4v) is 4.07. The van der Waals surface area contributed by atoms with Crippen LogP contribution in [0.25, 0.3) is 0 Å². The van der Waals surface area contributed by atoms with Gasteiger partial charge in [-0.2, -0.15) is 0 Å². The summed E-state index contributed by atoms with van der Waals surface area (Å²) in [4.78, 5) is 10.8. The maximum Gasteiger partial charge on any atom is 0.261 e. The van der Waals surface area contributed by atoms with Crippen molar-refractivity contribution in [3.05, 3.63) is 42.5 Å². The van der Waals surface area contributed by atoms with E-state index < -0.39 is 20.0 Å². The molecular formula is C18H24N4O5S2. The van der Waals surface area contributed by atoms with Crippen LogP contribution in [0.1, 0.15) is 26.7 Å². The summed E-state index contributed by atoms with van der Waals surface area (Å²) in [6, 6.07) is 9.53. The molecular weight excluding hydrogens is 416 g/mol. The van der Waals surface area contributed by atoms with Gasteiger partial charge in [0.05, 0.1) is 21.2 Å². The number of primary sulfonamides is 1. The maximum atomic E-state index is 12.8. The van der Waals surface area contributed by atoms with Gasteiger partial charge in [0.15, 0.2) is 0 Å². The Morgan fingerprint density at radius 3 is 2.14 bits per heavy atom. The van der Waals surface area contributed by atoms with Crippen molar-refractivity contribution in [3.8, 4) is 0 Å². The first kappa shape index (κ1) is 22.7. The lowest BCUT2D eigenvalue weighted by molar-refractivity contribution is -0.114. The summed E-state index contributed by atoms with van der Waals surface area (Å²) in [5, 5.41) is 10.8. The highest BCUT2D eigenvalue weighted by atomic mass is 32.2. The number of anilines is 3. The van der Waals surface area contributed by atoms with Crippen molar-refractivity contribution in [2.45, 2.75) is 36.5 Å². The quantitative estimate of drug-likeness (QED) is 0.440. The third-order valence-electron chi connectivity index (χ3n) is 3.89. The molecule has 5 N–H and O–H groups in total. The van der Waals surface area contributed by atoms with Gasteiger partial charge in [-0.3, -0.25) is 9.52 Å². The topological polar surface area (TPSA) is 147 Å². The summed E-state index contributed by atoms with van der Waals surface area (Å²) in [7, 11) is -8.02. The second-order valence-corrected chi connectivity index (χ2v) is 9.59. The van der Waals surface area contributed by atoms with Crippen LogP contribution in [0.3, 0.4) is 0 Å². The van der Waals surface area contributed by atoms with Crippen molar-refractivity contribution in [2.75, 3.05) is 21.9 Å². The fourth-order valence-electron chi connectivity index (χ4n) is 2.46.